The van der Waals surface area contributed by atoms with Gasteiger partial charge in [0.1, 0.15) is 11.5 Å². The molecule has 0 aliphatic heterocycles. The minimum absolute atomic E-state index is 0.0270. The summed E-state index contributed by atoms with van der Waals surface area (Å²) < 4.78 is 40.0. The van der Waals surface area contributed by atoms with Gasteiger partial charge in [0.15, 0.2) is 16.6 Å². The van der Waals surface area contributed by atoms with Crippen LogP contribution in [0.4, 0.5) is 0 Å². The van der Waals surface area contributed by atoms with E-state index >= 15 is 0 Å². The van der Waals surface area contributed by atoms with Gasteiger partial charge in [-0.1, -0.05) is 151 Å². The molecule has 0 aliphatic carbocycles. The van der Waals surface area contributed by atoms with E-state index < -0.39 is 31.1 Å². The molecule has 1 aromatic carbocycles. The van der Waals surface area contributed by atoms with Crippen molar-refractivity contribution in [2.24, 2.45) is 11.8 Å². The summed E-state index contributed by atoms with van der Waals surface area (Å²) in [6, 6.07) is 7.95. The Labute approximate surface area is 398 Å². The van der Waals surface area contributed by atoms with E-state index in [1.165, 1.54) is 5.57 Å². The number of hydrogen-bond donors (Lipinski definition) is 0. The van der Waals surface area contributed by atoms with Crippen molar-refractivity contribution in [1.29, 1.82) is 0 Å². The third-order valence-electron chi connectivity index (χ3n) is 14.4. The summed E-state index contributed by atoms with van der Waals surface area (Å²) in [7, 11) is -3.06. The molecule has 0 amide bonds. The van der Waals surface area contributed by atoms with E-state index in [-0.39, 0.29) is 52.4 Å². The van der Waals surface area contributed by atoms with Crippen LogP contribution in [0.5, 0.6) is 5.75 Å². The Balaban J connectivity index is 3.73. The average molecular weight is 944 g/mol. The second kappa shape index (κ2) is 27.2. The van der Waals surface area contributed by atoms with Crippen LogP contribution in [0.2, 0.25) is 52.9 Å². The number of benzene rings is 1. The molecule has 7 nitrogen and oxygen atoms in total. The zero-order valence-corrected chi connectivity index (χ0v) is 48.0. The molecule has 1 rings (SSSR count). The number of Topliss-reactive ketones (excluding diaryl/α,β-unsaturated/α-hetero) is 1. The molecule has 6 atom stereocenters. The summed E-state index contributed by atoms with van der Waals surface area (Å²) in [5.74, 6) is 0.551. The first kappa shape index (κ1) is 60.1. The van der Waals surface area contributed by atoms with Crippen molar-refractivity contribution in [3.05, 3.63) is 78.4 Å². The van der Waals surface area contributed by atoms with Crippen molar-refractivity contribution in [2.75, 3.05) is 20.8 Å². The normalized spacial score (nSPS) is 16.8. The molecule has 0 unspecified atom stereocenters. The standard InChI is InChI=1S/C54H98O7Si3/c1-23-24-25-26-27-28-29-48(60-64(40(2)3,41(4)5)42(6)7)34-43(8)35-49(57-18)36-52(61-63(21,22)54(14,15)16)45(10)51(58-39-46-30-32-47(56-17)33-31-46)37-50(55)44(9)38-59-62(19,20)53(11,12)13/h23,26-33,35,40-42,44-45,48-49,51-52H,1,24-25,34,36-39H2,2-22H3/b27-26+,29-28+,43-35+/t44-,45+,48+,49-,51+,52+/m1/s1. The maximum absolute atomic E-state index is 14.2. The highest BCUT2D eigenvalue weighted by Crippen LogP contribution is 2.44. The minimum Gasteiger partial charge on any atom is -0.497 e. The molecule has 1 aromatic rings. The van der Waals surface area contributed by atoms with Crippen LogP contribution in [0, 0.1) is 11.8 Å². The number of rotatable bonds is 30. The average Bonchev–Trinajstić information content (AvgIpc) is 3.19. The number of carbonyl (C=O) groups is 1. The number of allylic oxidation sites excluding steroid dienone is 4. The van der Waals surface area contributed by atoms with Crippen LogP contribution in [-0.2, 0) is 34.2 Å². The van der Waals surface area contributed by atoms with E-state index in [9.17, 15) is 4.79 Å². The molecule has 64 heavy (non-hydrogen) atoms. The van der Waals surface area contributed by atoms with Crippen LogP contribution in [0.1, 0.15) is 142 Å². The van der Waals surface area contributed by atoms with E-state index in [0.29, 0.717) is 36.3 Å². The van der Waals surface area contributed by atoms with Gasteiger partial charge in [0.2, 0.25) is 8.32 Å². The first-order valence-corrected chi connectivity index (χ1v) is 32.4. The van der Waals surface area contributed by atoms with Gasteiger partial charge in [0.05, 0.1) is 38.1 Å². The molecule has 0 saturated heterocycles. The molecule has 0 aliphatic rings. The Kier molecular flexibility index (Phi) is 25.5. The van der Waals surface area contributed by atoms with E-state index in [0.717, 1.165) is 30.6 Å². The van der Waals surface area contributed by atoms with Crippen LogP contribution < -0.4 is 4.74 Å². The SMILES string of the molecule is C=CCC/C=C/C=C/[C@@H](C/C(C)=C/[C@H](C[C@H](O[Si](C)(C)C(C)(C)C)[C@@H](C)[C@H](CC(=O)[C@H](C)CO[Si](C)(C)C(C)(C)C)OCc1ccc(OC)cc1)OC)O[Si](C(C)C)(C(C)C)C(C)C. The zero-order valence-electron chi connectivity index (χ0n) is 45.0. The fourth-order valence-electron chi connectivity index (χ4n) is 8.09. The van der Waals surface area contributed by atoms with Gasteiger partial charge in [-0.2, -0.15) is 0 Å². The summed E-state index contributed by atoms with van der Waals surface area (Å²) in [6.07, 6.45) is 15.7. The van der Waals surface area contributed by atoms with Crippen LogP contribution in [-0.4, -0.2) is 76.0 Å². The van der Waals surface area contributed by atoms with Gasteiger partial charge >= 0.3 is 0 Å². The highest BCUT2D eigenvalue weighted by Gasteiger charge is 2.47. The molecule has 10 heteroatoms. The van der Waals surface area contributed by atoms with E-state index in [1.807, 2.05) is 37.3 Å². The number of methoxy groups -OCH3 is 2. The van der Waals surface area contributed by atoms with Crippen molar-refractivity contribution in [2.45, 2.75) is 220 Å². The first-order valence-electron chi connectivity index (χ1n) is 24.4. The molecule has 368 valence electrons. The quantitative estimate of drug-likeness (QED) is 0.0329. The smallest absolute Gasteiger partial charge is 0.201 e. The van der Waals surface area contributed by atoms with E-state index in [4.69, 9.17) is 27.5 Å². The predicted molar refractivity (Wildman–Crippen MR) is 282 cm³/mol. The van der Waals surface area contributed by atoms with Crippen molar-refractivity contribution < 1.29 is 32.3 Å². The Hall–Kier alpha value is -1.90. The minimum atomic E-state index is -2.30. The molecule has 0 radical (unpaired) electrons. The Bertz CT molecular complexity index is 1580. The van der Waals surface area contributed by atoms with Crippen molar-refractivity contribution in [3.8, 4) is 5.75 Å². The van der Waals surface area contributed by atoms with Crippen molar-refractivity contribution >= 4 is 30.7 Å². The third-order valence-corrected chi connectivity index (χ3v) is 29.6. The highest BCUT2D eigenvalue weighted by molar-refractivity contribution is 6.77. The van der Waals surface area contributed by atoms with Crippen molar-refractivity contribution in [1.82, 2.24) is 0 Å². The van der Waals surface area contributed by atoms with E-state index in [2.05, 4.69) is 160 Å². The van der Waals surface area contributed by atoms with Gasteiger partial charge in [0, 0.05) is 38.4 Å². The van der Waals surface area contributed by atoms with E-state index in [1.54, 1.807) is 14.2 Å². The van der Waals surface area contributed by atoms with Gasteiger partial charge in [-0.3, -0.25) is 4.79 Å². The molecule has 0 fully saturated rings. The lowest BCUT2D eigenvalue weighted by Crippen LogP contribution is -2.50. The molecule has 0 spiro atoms. The van der Waals surface area contributed by atoms with Crippen LogP contribution in [0.3, 0.4) is 0 Å². The van der Waals surface area contributed by atoms with Gasteiger partial charge in [0.25, 0.3) is 0 Å². The van der Waals surface area contributed by atoms with Crippen LogP contribution in [0.15, 0.2) is 72.9 Å². The third kappa shape index (κ3) is 19.0. The number of ketones is 1. The topological polar surface area (TPSA) is 72.5 Å². The second-order valence-corrected chi connectivity index (χ2v) is 37.5. The molecule has 0 saturated carbocycles. The highest BCUT2D eigenvalue weighted by atomic mass is 28.4. The van der Waals surface area contributed by atoms with Gasteiger partial charge in [-0.15, -0.1) is 6.58 Å². The number of hydrogen-bond acceptors (Lipinski definition) is 7. The maximum Gasteiger partial charge on any atom is 0.201 e. The fraction of sp³-hybridized carbons (Fsp3) is 0.722. The maximum atomic E-state index is 14.2. The Morgan fingerprint density at radius 1 is 0.734 bits per heavy atom. The lowest BCUT2D eigenvalue weighted by molar-refractivity contribution is -0.129. The van der Waals surface area contributed by atoms with Crippen LogP contribution in [0.25, 0.3) is 0 Å². The molecular weight excluding hydrogens is 845 g/mol. The lowest BCUT2D eigenvalue weighted by atomic mass is 9.88. The molecule has 0 N–H and O–H groups in total. The summed E-state index contributed by atoms with van der Waals surface area (Å²) in [6.45, 7) is 47.8. The molecule has 0 aromatic heterocycles. The summed E-state index contributed by atoms with van der Waals surface area (Å²) >= 11 is 0. The summed E-state index contributed by atoms with van der Waals surface area (Å²) in [5.41, 5.74) is 3.64. The monoisotopic (exact) mass is 943 g/mol. The predicted octanol–water partition coefficient (Wildman–Crippen LogP) is 15.6. The number of carbonyl (C=O) groups excluding carboxylic acids is 1. The van der Waals surface area contributed by atoms with Crippen LogP contribution >= 0.6 is 0 Å². The lowest BCUT2D eigenvalue weighted by Gasteiger charge is -2.44. The molecular formula is C54H98O7Si3. The molecule has 0 heterocycles. The first-order chi connectivity index (χ1) is 29.5. The zero-order chi connectivity index (χ0) is 49.3. The summed E-state index contributed by atoms with van der Waals surface area (Å²) in [5, 5.41) is 0.0316. The number of ether oxygens (including phenoxy) is 3. The fourth-order valence-corrected chi connectivity index (χ4v) is 16.1. The molecule has 0 bridgehead atoms. The largest absolute Gasteiger partial charge is 0.497 e. The van der Waals surface area contributed by atoms with Gasteiger partial charge in [-0.25, -0.2) is 0 Å². The van der Waals surface area contributed by atoms with Gasteiger partial charge < -0.3 is 27.5 Å². The van der Waals surface area contributed by atoms with Gasteiger partial charge in [-0.05, 0) is 96.8 Å². The Morgan fingerprint density at radius 2 is 1.30 bits per heavy atom. The second-order valence-electron chi connectivity index (χ2n) is 22.5. The number of unbranched alkanes of at least 4 members (excludes halogenated alkanes) is 1. The van der Waals surface area contributed by atoms with Crippen molar-refractivity contribution in [3.63, 3.8) is 0 Å². The Morgan fingerprint density at radius 3 is 1.78 bits per heavy atom. The summed E-state index contributed by atoms with van der Waals surface area (Å²) in [4.78, 5) is 14.2.